The summed E-state index contributed by atoms with van der Waals surface area (Å²) in [7, 11) is -3.70. The van der Waals surface area contributed by atoms with Gasteiger partial charge in [0, 0.05) is 38.3 Å². The van der Waals surface area contributed by atoms with Gasteiger partial charge in [0.25, 0.3) is 15.9 Å². The van der Waals surface area contributed by atoms with Crippen molar-refractivity contribution in [1.29, 1.82) is 0 Å². The SMILES string of the molecule is Cc1cc(C)c2sc(N3CCN(C(=O)c4ccc(S(=O)(=O)N5CCCc6ccccc65)cc4)CC3)nc2c1. The molecule has 7 nitrogen and oxygen atoms in total. The second-order valence-corrected chi connectivity index (χ2v) is 12.9. The third kappa shape index (κ3) is 4.43. The third-order valence-electron chi connectivity index (χ3n) is 7.40. The number of carbonyl (C=O) groups is 1. The highest BCUT2D eigenvalue weighted by atomic mass is 32.2. The minimum atomic E-state index is -3.70. The molecule has 0 spiro atoms. The molecular formula is C29H30N4O3S2. The predicted octanol–water partition coefficient (Wildman–Crippen LogP) is 5.02. The van der Waals surface area contributed by atoms with Crippen molar-refractivity contribution in [2.24, 2.45) is 0 Å². The highest BCUT2D eigenvalue weighted by molar-refractivity contribution is 7.92. The van der Waals surface area contributed by atoms with Gasteiger partial charge in [-0.1, -0.05) is 35.6 Å². The molecule has 6 rings (SSSR count). The summed E-state index contributed by atoms with van der Waals surface area (Å²) in [4.78, 5) is 22.4. The molecule has 0 radical (unpaired) electrons. The van der Waals surface area contributed by atoms with Gasteiger partial charge in [-0.2, -0.15) is 0 Å². The van der Waals surface area contributed by atoms with E-state index in [2.05, 4.69) is 30.9 Å². The molecule has 1 amide bonds. The smallest absolute Gasteiger partial charge is 0.264 e. The maximum Gasteiger partial charge on any atom is 0.264 e. The Bertz CT molecular complexity index is 1620. The molecule has 0 saturated carbocycles. The van der Waals surface area contributed by atoms with Crippen LogP contribution < -0.4 is 9.21 Å². The largest absolute Gasteiger partial charge is 0.345 e. The van der Waals surface area contributed by atoms with E-state index in [9.17, 15) is 13.2 Å². The van der Waals surface area contributed by atoms with E-state index in [1.54, 1.807) is 35.6 Å². The number of sulfonamides is 1. The molecule has 1 saturated heterocycles. The first-order chi connectivity index (χ1) is 18.3. The fraction of sp³-hybridized carbons (Fsp3) is 0.310. The van der Waals surface area contributed by atoms with Crippen LogP contribution in [0.1, 0.15) is 33.5 Å². The van der Waals surface area contributed by atoms with Gasteiger partial charge < -0.3 is 9.80 Å². The number of thiazole rings is 1. The van der Waals surface area contributed by atoms with Gasteiger partial charge in [-0.15, -0.1) is 0 Å². The number of para-hydroxylation sites is 1. The van der Waals surface area contributed by atoms with Crippen LogP contribution in [0.25, 0.3) is 10.2 Å². The van der Waals surface area contributed by atoms with Crippen LogP contribution in [-0.4, -0.2) is 56.9 Å². The van der Waals surface area contributed by atoms with Crippen molar-refractivity contribution in [2.75, 3.05) is 41.9 Å². The second kappa shape index (κ2) is 9.71. The zero-order valence-corrected chi connectivity index (χ0v) is 23.2. The monoisotopic (exact) mass is 546 g/mol. The van der Waals surface area contributed by atoms with Crippen LogP contribution in [0, 0.1) is 13.8 Å². The first kappa shape index (κ1) is 24.9. The summed E-state index contributed by atoms with van der Waals surface area (Å²) >= 11 is 1.71. The standard InChI is InChI=1S/C29H30N4O3S2/c1-20-18-21(2)27-25(19-20)30-29(37-27)32-16-14-31(15-17-32)28(34)23-9-11-24(12-10-23)38(35,36)33-13-5-7-22-6-3-4-8-26(22)33/h3-4,6,8-12,18-19H,5,7,13-17H2,1-2H3. The summed E-state index contributed by atoms with van der Waals surface area (Å²) in [5, 5.41) is 0.995. The fourth-order valence-electron chi connectivity index (χ4n) is 5.43. The summed E-state index contributed by atoms with van der Waals surface area (Å²) in [6.07, 6.45) is 1.66. The van der Waals surface area contributed by atoms with E-state index in [1.807, 2.05) is 29.2 Å². The van der Waals surface area contributed by atoms with Crippen molar-refractivity contribution >= 4 is 48.3 Å². The molecular weight excluding hydrogens is 516 g/mol. The van der Waals surface area contributed by atoms with E-state index < -0.39 is 10.0 Å². The Hall–Kier alpha value is -3.43. The van der Waals surface area contributed by atoms with Gasteiger partial charge in [0.15, 0.2) is 5.13 Å². The second-order valence-electron chi connectivity index (χ2n) is 10.0. The van der Waals surface area contributed by atoms with E-state index >= 15 is 0 Å². The number of aromatic nitrogens is 1. The van der Waals surface area contributed by atoms with Crippen LogP contribution >= 0.6 is 11.3 Å². The van der Waals surface area contributed by atoms with Crippen LogP contribution in [0.5, 0.6) is 0 Å². The molecule has 1 fully saturated rings. The molecule has 4 aromatic rings. The van der Waals surface area contributed by atoms with E-state index in [0.717, 1.165) is 34.7 Å². The Morgan fingerprint density at radius 2 is 1.66 bits per heavy atom. The van der Waals surface area contributed by atoms with E-state index in [1.165, 1.54) is 20.1 Å². The average molecular weight is 547 g/mol. The highest BCUT2D eigenvalue weighted by Gasteiger charge is 2.30. The van der Waals surface area contributed by atoms with Gasteiger partial charge in [-0.25, -0.2) is 13.4 Å². The number of aryl methyl sites for hydroxylation is 3. The minimum Gasteiger partial charge on any atom is -0.345 e. The summed E-state index contributed by atoms with van der Waals surface area (Å²) in [6, 6.07) is 18.3. The molecule has 0 atom stereocenters. The zero-order chi connectivity index (χ0) is 26.4. The van der Waals surface area contributed by atoms with E-state index in [-0.39, 0.29) is 10.8 Å². The van der Waals surface area contributed by atoms with Crippen LogP contribution in [0.3, 0.4) is 0 Å². The molecule has 2 aliphatic heterocycles. The minimum absolute atomic E-state index is 0.0762. The summed E-state index contributed by atoms with van der Waals surface area (Å²) in [5.74, 6) is -0.0762. The number of nitrogens with zero attached hydrogens (tertiary/aromatic N) is 4. The number of hydrogen-bond acceptors (Lipinski definition) is 6. The summed E-state index contributed by atoms with van der Waals surface area (Å²) in [6.45, 7) is 7.28. The quantitative estimate of drug-likeness (QED) is 0.360. The highest BCUT2D eigenvalue weighted by Crippen LogP contribution is 2.33. The number of benzene rings is 3. The van der Waals surface area contributed by atoms with Gasteiger partial charge in [0.05, 0.1) is 20.8 Å². The van der Waals surface area contributed by atoms with Crippen molar-refractivity contribution in [1.82, 2.24) is 9.88 Å². The summed E-state index contributed by atoms with van der Waals surface area (Å²) in [5.41, 5.74) is 5.78. The lowest BCUT2D eigenvalue weighted by Crippen LogP contribution is -2.48. The molecule has 2 aliphatic rings. The number of amides is 1. The molecule has 0 aliphatic carbocycles. The molecule has 9 heteroatoms. The van der Waals surface area contributed by atoms with Gasteiger partial charge in [-0.3, -0.25) is 9.10 Å². The molecule has 0 bridgehead atoms. The summed E-state index contributed by atoms with van der Waals surface area (Å²) < 4.78 is 29.6. The molecule has 0 N–H and O–H groups in total. The van der Waals surface area contributed by atoms with Crippen molar-refractivity contribution < 1.29 is 13.2 Å². The first-order valence-electron chi connectivity index (χ1n) is 12.9. The Morgan fingerprint density at radius 1 is 0.921 bits per heavy atom. The Morgan fingerprint density at radius 3 is 2.42 bits per heavy atom. The predicted molar refractivity (Wildman–Crippen MR) is 153 cm³/mol. The Labute approximate surface area is 227 Å². The van der Waals surface area contributed by atoms with Crippen molar-refractivity contribution in [3.63, 3.8) is 0 Å². The van der Waals surface area contributed by atoms with Crippen molar-refractivity contribution in [2.45, 2.75) is 31.6 Å². The van der Waals surface area contributed by atoms with E-state index in [0.29, 0.717) is 38.3 Å². The first-order valence-corrected chi connectivity index (χ1v) is 15.2. The third-order valence-corrected chi connectivity index (χ3v) is 10.5. The average Bonchev–Trinajstić information content (AvgIpc) is 3.37. The Balaban J connectivity index is 1.14. The maximum absolute atomic E-state index is 13.4. The van der Waals surface area contributed by atoms with Gasteiger partial charge in [0.1, 0.15) is 0 Å². The number of hydrogen-bond donors (Lipinski definition) is 0. The molecule has 196 valence electrons. The number of fused-ring (bicyclic) bond motifs is 2. The van der Waals surface area contributed by atoms with Crippen LogP contribution in [-0.2, 0) is 16.4 Å². The topological polar surface area (TPSA) is 73.8 Å². The van der Waals surface area contributed by atoms with Crippen LogP contribution in [0.4, 0.5) is 10.8 Å². The van der Waals surface area contributed by atoms with E-state index in [4.69, 9.17) is 4.98 Å². The lowest BCUT2D eigenvalue weighted by Gasteiger charge is -2.34. The molecule has 1 aromatic heterocycles. The fourth-order valence-corrected chi connectivity index (χ4v) is 8.04. The maximum atomic E-state index is 13.4. The van der Waals surface area contributed by atoms with Gasteiger partial charge in [-0.05, 0) is 79.8 Å². The molecule has 3 heterocycles. The van der Waals surface area contributed by atoms with Gasteiger partial charge in [0.2, 0.25) is 0 Å². The lowest BCUT2D eigenvalue weighted by molar-refractivity contribution is 0.0746. The molecule has 38 heavy (non-hydrogen) atoms. The molecule has 3 aromatic carbocycles. The van der Waals surface area contributed by atoms with Crippen LogP contribution in [0.2, 0.25) is 0 Å². The normalized spacial score (nSPS) is 16.1. The van der Waals surface area contributed by atoms with Crippen LogP contribution in [0.15, 0.2) is 65.6 Å². The number of piperazine rings is 1. The zero-order valence-electron chi connectivity index (χ0n) is 21.6. The molecule has 0 unspecified atom stereocenters. The number of carbonyl (C=O) groups excluding carboxylic acids is 1. The number of anilines is 2. The number of rotatable bonds is 4. The van der Waals surface area contributed by atoms with Crippen molar-refractivity contribution in [3.8, 4) is 0 Å². The van der Waals surface area contributed by atoms with Gasteiger partial charge >= 0.3 is 0 Å². The lowest BCUT2D eigenvalue weighted by atomic mass is 10.0. The Kier molecular flexibility index (Phi) is 6.36. The van der Waals surface area contributed by atoms with Crippen molar-refractivity contribution in [3.05, 3.63) is 82.9 Å².